The Balaban J connectivity index is 1.16. The summed E-state index contributed by atoms with van der Waals surface area (Å²) < 4.78 is 10.5. The van der Waals surface area contributed by atoms with E-state index in [1.165, 1.54) is 13.2 Å². The number of para-hydroxylation sites is 1. The van der Waals surface area contributed by atoms with E-state index in [-0.39, 0.29) is 34.9 Å². The molecule has 1 fully saturated rings. The molecule has 8 nitrogen and oxygen atoms in total. The number of ether oxygens (including phenoxy) is 2. The average molecular weight is 559 g/mol. The van der Waals surface area contributed by atoms with E-state index in [0.29, 0.717) is 11.4 Å². The van der Waals surface area contributed by atoms with Gasteiger partial charge in [-0.2, -0.15) is 0 Å². The van der Waals surface area contributed by atoms with Crippen molar-refractivity contribution >= 4 is 35.1 Å². The van der Waals surface area contributed by atoms with E-state index < -0.39 is 30.3 Å². The van der Waals surface area contributed by atoms with Crippen molar-refractivity contribution in [3.05, 3.63) is 125 Å². The zero-order valence-electron chi connectivity index (χ0n) is 22.7. The molecule has 4 aromatic rings. The van der Waals surface area contributed by atoms with Gasteiger partial charge in [-0.05, 0) is 46.5 Å². The molecule has 0 saturated carbocycles. The fourth-order valence-electron chi connectivity index (χ4n) is 6.86. The lowest BCUT2D eigenvalue weighted by atomic mass is 9.55. The van der Waals surface area contributed by atoms with Gasteiger partial charge in [0, 0.05) is 23.6 Å². The van der Waals surface area contributed by atoms with Gasteiger partial charge in [-0.15, -0.1) is 0 Å². The van der Waals surface area contributed by atoms with E-state index in [4.69, 9.17) is 9.47 Å². The summed E-state index contributed by atoms with van der Waals surface area (Å²) >= 11 is 0. The summed E-state index contributed by atoms with van der Waals surface area (Å²) in [6.45, 7) is -0.549. The normalized spacial score (nSPS) is 21.3. The van der Waals surface area contributed by atoms with Crippen molar-refractivity contribution in [2.45, 2.75) is 11.8 Å². The van der Waals surface area contributed by atoms with Crippen LogP contribution in [0.3, 0.4) is 0 Å². The van der Waals surface area contributed by atoms with Crippen LogP contribution in [-0.2, 0) is 19.1 Å². The predicted octanol–water partition coefficient (Wildman–Crippen LogP) is 4.89. The number of nitrogens with one attached hydrogen (secondary N) is 1. The molecule has 8 heteroatoms. The molecule has 1 N–H and O–H groups in total. The molecule has 208 valence electrons. The van der Waals surface area contributed by atoms with Gasteiger partial charge < -0.3 is 14.8 Å². The number of benzene rings is 4. The minimum absolute atomic E-state index is 0.0365. The van der Waals surface area contributed by atoms with E-state index in [0.717, 1.165) is 27.2 Å². The molecule has 4 aromatic carbocycles. The van der Waals surface area contributed by atoms with Crippen LogP contribution in [0.25, 0.3) is 0 Å². The Morgan fingerprint density at radius 3 is 1.86 bits per heavy atom. The minimum atomic E-state index is -0.809. The summed E-state index contributed by atoms with van der Waals surface area (Å²) in [5, 5.41) is 2.66. The van der Waals surface area contributed by atoms with E-state index >= 15 is 0 Å². The second-order valence-corrected chi connectivity index (χ2v) is 10.7. The Labute approximate surface area is 241 Å². The maximum absolute atomic E-state index is 14.1. The molecule has 1 heterocycles. The van der Waals surface area contributed by atoms with Crippen molar-refractivity contribution in [3.8, 4) is 5.75 Å². The number of amides is 3. The Bertz CT molecular complexity index is 1670. The fraction of sp³-hybridized carbons (Fsp3) is 0.176. The van der Waals surface area contributed by atoms with Crippen LogP contribution in [0.1, 0.15) is 44.4 Å². The Morgan fingerprint density at radius 2 is 1.29 bits per heavy atom. The molecular formula is C34H26N2O6. The van der Waals surface area contributed by atoms with Gasteiger partial charge >= 0.3 is 5.97 Å². The number of hydrogen-bond acceptors (Lipinski definition) is 6. The number of rotatable bonds is 6. The second kappa shape index (κ2) is 9.99. The van der Waals surface area contributed by atoms with Gasteiger partial charge in [0.2, 0.25) is 11.8 Å². The van der Waals surface area contributed by atoms with Crippen LogP contribution >= 0.6 is 0 Å². The maximum Gasteiger partial charge on any atom is 0.340 e. The lowest BCUT2D eigenvalue weighted by Gasteiger charge is -2.45. The zero-order chi connectivity index (χ0) is 29.0. The molecule has 0 radical (unpaired) electrons. The minimum Gasteiger partial charge on any atom is -0.497 e. The number of imide groups is 1. The Hall–Kier alpha value is -5.24. The summed E-state index contributed by atoms with van der Waals surface area (Å²) in [5.41, 5.74) is 4.96. The van der Waals surface area contributed by atoms with Crippen LogP contribution < -0.4 is 15.0 Å². The van der Waals surface area contributed by atoms with Gasteiger partial charge in [-0.1, -0.05) is 66.7 Å². The van der Waals surface area contributed by atoms with Gasteiger partial charge in [-0.3, -0.25) is 14.4 Å². The van der Waals surface area contributed by atoms with E-state index in [9.17, 15) is 19.2 Å². The predicted molar refractivity (Wildman–Crippen MR) is 154 cm³/mol. The lowest BCUT2D eigenvalue weighted by molar-refractivity contribution is -0.122. The first-order valence-corrected chi connectivity index (χ1v) is 13.7. The van der Waals surface area contributed by atoms with Crippen molar-refractivity contribution in [2.75, 3.05) is 23.9 Å². The molecule has 4 aliphatic rings. The number of carbonyl (C=O) groups excluding carboxylic acids is 4. The highest BCUT2D eigenvalue weighted by molar-refractivity contribution is 6.25. The number of nitrogens with zero attached hydrogens (tertiary/aromatic N) is 1. The van der Waals surface area contributed by atoms with E-state index in [2.05, 4.69) is 5.32 Å². The van der Waals surface area contributed by atoms with Crippen molar-refractivity contribution in [1.29, 1.82) is 0 Å². The smallest absolute Gasteiger partial charge is 0.340 e. The third-order valence-corrected chi connectivity index (χ3v) is 8.50. The van der Waals surface area contributed by atoms with Gasteiger partial charge in [-0.25, -0.2) is 9.69 Å². The first-order valence-electron chi connectivity index (χ1n) is 13.7. The summed E-state index contributed by atoms with van der Waals surface area (Å²) in [5.74, 6) is -3.12. The van der Waals surface area contributed by atoms with E-state index in [1.807, 2.05) is 48.5 Å². The summed E-state index contributed by atoms with van der Waals surface area (Å²) in [6.07, 6.45) is 0. The standard InChI is InChI=1S/C34H26N2O6/c1-41-20-10-8-9-19(17-20)35-27(37)18-42-34(40)25-15-6-7-16-26(25)36-32(38)30-28-21-11-2-3-12-22(21)29(31(30)33(36)39)24-14-5-4-13-23(24)28/h2-17,28-31H,18H2,1H3,(H,35,37)/t28?,29?,30-,31+. The number of esters is 1. The topological polar surface area (TPSA) is 102 Å². The van der Waals surface area contributed by atoms with Crippen LogP contribution in [0.5, 0.6) is 5.75 Å². The summed E-state index contributed by atoms with van der Waals surface area (Å²) in [7, 11) is 1.52. The average Bonchev–Trinajstić information content (AvgIpc) is 3.29. The number of methoxy groups -OCH3 is 1. The molecule has 1 saturated heterocycles. The van der Waals surface area contributed by atoms with Crippen molar-refractivity contribution in [3.63, 3.8) is 0 Å². The molecule has 3 aliphatic carbocycles. The highest BCUT2D eigenvalue weighted by Gasteiger charge is 2.62. The zero-order valence-corrected chi connectivity index (χ0v) is 22.7. The quantitative estimate of drug-likeness (QED) is 0.267. The maximum atomic E-state index is 14.1. The van der Waals surface area contributed by atoms with E-state index in [1.54, 1.807) is 42.5 Å². The SMILES string of the molecule is COc1cccc(NC(=O)COC(=O)c2ccccc2N2C(=O)[C@@H]3C4c5ccccc5C(c5ccccc54)[C@@H]3C2=O)c1. The molecule has 2 atom stereocenters. The summed E-state index contributed by atoms with van der Waals surface area (Å²) in [4.78, 5) is 55.2. The van der Waals surface area contributed by atoms with Crippen LogP contribution in [0.2, 0.25) is 0 Å². The lowest BCUT2D eigenvalue weighted by Crippen LogP contribution is -2.41. The fourth-order valence-corrected chi connectivity index (χ4v) is 6.86. The molecule has 42 heavy (non-hydrogen) atoms. The van der Waals surface area contributed by atoms with Gasteiger partial charge in [0.15, 0.2) is 6.61 Å². The van der Waals surface area contributed by atoms with Crippen LogP contribution in [0.4, 0.5) is 11.4 Å². The molecule has 2 bridgehead atoms. The number of carbonyl (C=O) groups is 4. The molecule has 0 unspecified atom stereocenters. The molecule has 0 spiro atoms. The van der Waals surface area contributed by atoms with Crippen molar-refractivity contribution < 1.29 is 28.7 Å². The highest BCUT2D eigenvalue weighted by atomic mass is 16.5. The van der Waals surface area contributed by atoms with Crippen LogP contribution in [0, 0.1) is 11.8 Å². The van der Waals surface area contributed by atoms with Gasteiger partial charge in [0.1, 0.15) is 5.75 Å². The molecule has 3 amide bonds. The largest absolute Gasteiger partial charge is 0.497 e. The molecular weight excluding hydrogens is 532 g/mol. The van der Waals surface area contributed by atoms with Crippen molar-refractivity contribution in [1.82, 2.24) is 0 Å². The number of anilines is 2. The first kappa shape index (κ1) is 25.7. The second-order valence-electron chi connectivity index (χ2n) is 10.7. The van der Waals surface area contributed by atoms with Crippen LogP contribution in [0.15, 0.2) is 97.1 Å². The monoisotopic (exact) mass is 558 g/mol. The molecule has 0 aromatic heterocycles. The van der Waals surface area contributed by atoms with Crippen molar-refractivity contribution in [2.24, 2.45) is 11.8 Å². The molecule has 1 aliphatic heterocycles. The molecule has 8 rings (SSSR count). The first-order chi connectivity index (χ1) is 20.5. The highest BCUT2D eigenvalue weighted by Crippen LogP contribution is 2.61. The van der Waals surface area contributed by atoms with Gasteiger partial charge in [0.25, 0.3) is 5.91 Å². The third kappa shape index (κ3) is 3.90. The van der Waals surface area contributed by atoms with Crippen LogP contribution in [-0.4, -0.2) is 37.4 Å². The summed E-state index contributed by atoms with van der Waals surface area (Å²) in [6, 6.07) is 29.2. The Morgan fingerprint density at radius 1 is 0.738 bits per heavy atom. The van der Waals surface area contributed by atoms with Gasteiger partial charge in [0.05, 0.1) is 30.2 Å². The number of hydrogen-bond donors (Lipinski definition) is 1. The Kier molecular flexibility index (Phi) is 6.12. The third-order valence-electron chi connectivity index (χ3n) is 8.50.